The highest BCUT2D eigenvalue weighted by molar-refractivity contribution is 6.29. The van der Waals surface area contributed by atoms with Gasteiger partial charge < -0.3 is 15.7 Å². The van der Waals surface area contributed by atoms with Crippen molar-refractivity contribution in [3.05, 3.63) is 18.2 Å². The summed E-state index contributed by atoms with van der Waals surface area (Å²) >= 11 is 10.7. The number of anilines is 2. The molecule has 0 atom stereocenters. The van der Waals surface area contributed by atoms with E-state index in [2.05, 4.69) is 10.6 Å². The maximum absolute atomic E-state index is 11.1. The quantitative estimate of drug-likeness (QED) is 0.445. The Hall–Kier alpha value is -1.46. The minimum Gasteiger partial charge on any atom is -0.506 e. The largest absolute Gasteiger partial charge is 0.506 e. The molecule has 0 heterocycles. The van der Waals surface area contributed by atoms with Gasteiger partial charge in [-0.3, -0.25) is 9.59 Å². The van der Waals surface area contributed by atoms with Crippen LogP contribution in [0.3, 0.4) is 0 Å². The number of alkyl halides is 2. The molecule has 0 saturated carbocycles. The van der Waals surface area contributed by atoms with Gasteiger partial charge in [-0.1, -0.05) is 0 Å². The van der Waals surface area contributed by atoms with Gasteiger partial charge in [-0.25, -0.2) is 0 Å². The van der Waals surface area contributed by atoms with Crippen LogP contribution in [0.1, 0.15) is 0 Å². The van der Waals surface area contributed by atoms with Gasteiger partial charge in [0.25, 0.3) is 0 Å². The number of nitrogens with one attached hydrogen (secondary N) is 2. The van der Waals surface area contributed by atoms with Crippen LogP contribution in [0, 0.1) is 0 Å². The fourth-order valence-electron chi connectivity index (χ4n) is 1.09. The monoisotopic (exact) mass is 276 g/mol. The molecule has 0 aromatic heterocycles. The van der Waals surface area contributed by atoms with Crippen molar-refractivity contribution in [1.29, 1.82) is 0 Å². The van der Waals surface area contributed by atoms with Gasteiger partial charge in [-0.2, -0.15) is 0 Å². The summed E-state index contributed by atoms with van der Waals surface area (Å²) in [5.74, 6) is -1.36. The van der Waals surface area contributed by atoms with Crippen LogP contribution in [-0.2, 0) is 9.59 Å². The van der Waals surface area contributed by atoms with Crippen LogP contribution in [0.4, 0.5) is 11.4 Å². The van der Waals surface area contributed by atoms with E-state index in [1.807, 2.05) is 0 Å². The lowest BCUT2D eigenvalue weighted by molar-refractivity contribution is -0.114. The fraction of sp³-hybridized carbons (Fsp3) is 0.200. The number of carbonyl (C=O) groups is 2. The first-order chi connectivity index (χ1) is 8.06. The second-order valence-electron chi connectivity index (χ2n) is 3.10. The Morgan fingerprint density at radius 2 is 1.71 bits per heavy atom. The van der Waals surface area contributed by atoms with E-state index in [4.69, 9.17) is 23.2 Å². The Bertz CT molecular complexity index is 438. The first kappa shape index (κ1) is 13.6. The third-order valence-corrected chi connectivity index (χ3v) is 2.28. The summed E-state index contributed by atoms with van der Waals surface area (Å²) in [6.45, 7) is 0. The third-order valence-electron chi connectivity index (χ3n) is 1.80. The summed E-state index contributed by atoms with van der Waals surface area (Å²) in [6.07, 6.45) is 0. The molecule has 2 amide bonds. The zero-order valence-electron chi connectivity index (χ0n) is 8.67. The molecular weight excluding hydrogens is 267 g/mol. The number of phenolic OH excluding ortho intramolecular Hbond substituents is 1. The van der Waals surface area contributed by atoms with Crippen molar-refractivity contribution in [2.75, 3.05) is 22.4 Å². The maximum Gasteiger partial charge on any atom is 0.239 e. The Labute approximate surface area is 108 Å². The normalized spacial score (nSPS) is 9.76. The number of rotatable bonds is 4. The molecule has 1 aromatic carbocycles. The Balaban J connectivity index is 2.86. The van der Waals surface area contributed by atoms with Crippen LogP contribution >= 0.6 is 23.2 Å². The zero-order chi connectivity index (χ0) is 12.8. The topological polar surface area (TPSA) is 78.4 Å². The van der Waals surface area contributed by atoms with Crippen LogP contribution in [0.2, 0.25) is 0 Å². The first-order valence-electron chi connectivity index (χ1n) is 4.61. The van der Waals surface area contributed by atoms with E-state index in [-0.39, 0.29) is 29.1 Å². The molecular formula is C10H10Cl2N2O3. The van der Waals surface area contributed by atoms with Crippen molar-refractivity contribution in [2.24, 2.45) is 0 Å². The minimum atomic E-state index is -0.456. The second-order valence-corrected chi connectivity index (χ2v) is 3.63. The van der Waals surface area contributed by atoms with Gasteiger partial charge in [-0.05, 0) is 18.2 Å². The molecule has 7 heteroatoms. The van der Waals surface area contributed by atoms with Crippen molar-refractivity contribution < 1.29 is 14.7 Å². The molecule has 17 heavy (non-hydrogen) atoms. The number of benzene rings is 1. The molecule has 0 bridgehead atoms. The van der Waals surface area contributed by atoms with Crippen LogP contribution < -0.4 is 10.6 Å². The van der Waals surface area contributed by atoms with Crippen LogP contribution in [-0.4, -0.2) is 28.7 Å². The number of phenols is 1. The van der Waals surface area contributed by atoms with Gasteiger partial charge in [0, 0.05) is 5.69 Å². The first-order valence-corrected chi connectivity index (χ1v) is 5.68. The summed E-state index contributed by atoms with van der Waals surface area (Å²) in [4.78, 5) is 22.1. The van der Waals surface area contributed by atoms with Crippen molar-refractivity contribution in [3.63, 3.8) is 0 Å². The molecule has 1 aromatic rings. The van der Waals surface area contributed by atoms with E-state index in [1.54, 1.807) is 0 Å². The molecule has 3 N–H and O–H groups in total. The number of halogens is 2. The van der Waals surface area contributed by atoms with E-state index in [0.717, 1.165) is 0 Å². The van der Waals surface area contributed by atoms with Crippen LogP contribution in [0.25, 0.3) is 0 Å². The van der Waals surface area contributed by atoms with Gasteiger partial charge in [0.1, 0.15) is 17.5 Å². The molecule has 92 valence electrons. The van der Waals surface area contributed by atoms with Crippen molar-refractivity contribution >= 4 is 46.4 Å². The predicted octanol–water partition coefficient (Wildman–Crippen LogP) is 1.75. The molecule has 0 saturated heterocycles. The summed E-state index contributed by atoms with van der Waals surface area (Å²) in [6, 6.07) is 4.23. The third kappa shape index (κ3) is 4.13. The zero-order valence-corrected chi connectivity index (χ0v) is 10.2. The fourth-order valence-corrected chi connectivity index (χ4v) is 1.23. The standard InChI is InChI=1S/C10H10Cl2N2O3/c11-4-9(16)13-6-1-2-8(15)7(3-6)14-10(17)5-12/h1-3,15H,4-5H2,(H,13,16)(H,14,17). The lowest BCUT2D eigenvalue weighted by Gasteiger charge is -2.09. The van der Waals surface area contributed by atoms with Gasteiger partial charge in [0.15, 0.2) is 0 Å². The highest BCUT2D eigenvalue weighted by atomic mass is 35.5. The molecule has 0 aliphatic carbocycles. The number of hydrogen-bond acceptors (Lipinski definition) is 3. The number of amides is 2. The average molecular weight is 277 g/mol. The average Bonchev–Trinajstić information content (AvgIpc) is 2.33. The number of hydrogen-bond donors (Lipinski definition) is 3. The van der Waals surface area contributed by atoms with Gasteiger partial charge in [-0.15, -0.1) is 23.2 Å². The molecule has 5 nitrogen and oxygen atoms in total. The molecule has 0 aliphatic heterocycles. The summed E-state index contributed by atoms with van der Waals surface area (Å²) in [5.41, 5.74) is 0.585. The lowest BCUT2D eigenvalue weighted by Crippen LogP contribution is -2.15. The van der Waals surface area contributed by atoms with Gasteiger partial charge in [0.05, 0.1) is 5.69 Å². The van der Waals surface area contributed by atoms with E-state index in [0.29, 0.717) is 5.69 Å². The molecule has 0 unspecified atom stereocenters. The molecule has 0 fully saturated rings. The van der Waals surface area contributed by atoms with E-state index in [1.165, 1.54) is 18.2 Å². The highest BCUT2D eigenvalue weighted by Crippen LogP contribution is 2.26. The summed E-state index contributed by atoms with van der Waals surface area (Å²) in [7, 11) is 0. The van der Waals surface area contributed by atoms with Crippen molar-refractivity contribution in [1.82, 2.24) is 0 Å². The lowest BCUT2D eigenvalue weighted by atomic mass is 10.2. The predicted molar refractivity (Wildman–Crippen MR) is 66.8 cm³/mol. The van der Waals surface area contributed by atoms with Gasteiger partial charge in [0.2, 0.25) is 11.8 Å². The van der Waals surface area contributed by atoms with E-state index < -0.39 is 5.91 Å². The Morgan fingerprint density at radius 1 is 1.12 bits per heavy atom. The van der Waals surface area contributed by atoms with Crippen molar-refractivity contribution in [3.8, 4) is 5.75 Å². The summed E-state index contributed by atoms with van der Waals surface area (Å²) < 4.78 is 0. The van der Waals surface area contributed by atoms with Crippen LogP contribution in [0.5, 0.6) is 5.75 Å². The molecule has 0 spiro atoms. The second kappa shape index (κ2) is 6.32. The van der Waals surface area contributed by atoms with Crippen LogP contribution in [0.15, 0.2) is 18.2 Å². The molecule has 0 aliphatic rings. The maximum atomic E-state index is 11.1. The Morgan fingerprint density at radius 3 is 2.29 bits per heavy atom. The van der Waals surface area contributed by atoms with E-state index in [9.17, 15) is 14.7 Å². The molecule has 1 rings (SSSR count). The Kier molecular flexibility index (Phi) is 5.06. The summed E-state index contributed by atoms with van der Waals surface area (Å²) in [5, 5.41) is 14.3. The van der Waals surface area contributed by atoms with Gasteiger partial charge >= 0.3 is 0 Å². The van der Waals surface area contributed by atoms with E-state index >= 15 is 0 Å². The molecule has 0 radical (unpaired) electrons. The smallest absolute Gasteiger partial charge is 0.239 e. The SMILES string of the molecule is O=C(CCl)Nc1ccc(O)c(NC(=O)CCl)c1. The van der Waals surface area contributed by atoms with Crippen molar-refractivity contribution in [2.45, 2.75) is 0 Å². The minimum absolute atomic E-state index is 0.118. The number of carbonyl (C=O) groups excluding carboxylic acids is 2. The highest BCUT2D eigenvalue weighted by Gasteiger charge is 2.07. The number of aromatic hydroxyl groups is 1.